The van der Waals surface area contributed by atoms with Crippen molar-refractivity contribution in [2.24, 2.45) is 5.92 Å². The maximum Gasteiger partial charge on any atom is 0.310 e. The number of carboxylic acid groups (broad SMARTS) is 1. The van der Waals surface area contributed by atoms with Crippen molar-refractivity contribution in [3.8, 4) is 0 Å². The van der Waals surface area contributed by atoms with E-state index in [0.717, 1.165) is 4.47 Å². The van der Waals surface area contributed by atoms with Gasteiger partial charge < -0.3 is 10.0 Å². The van der Waals surface area contributed by atoms with Crippen LogP contribution in [0.1, 0.15) is 10.4 Å². The van der Waals surface area contributed by atoms with E-state index < -0.39 is 11.9 Å². The molecule has 1 aromatic rings. The summed E-state index contributed by atoms with van der Waals surface area (Å²) in [5.74, 6) is -1.55. The number of carbonyl (C=O) groups excluding carboxylic acids is 1. The van der Waals surface area contributed by atoms with Crippen LogP contribution in [0, 0.1) is 5.92 Å². The molecule has 0 aliphatic carbocycles. The molecule has 1 aliphatic heterocycles. The van der Waals surface area contributed by atoms with Gasteiger partial charge in [-0.2, -0.15) is 0 Å². The standard InChI is InChI=1S/C11H9BrClNO3/c12-7-1-2-9(13)8(3-7)10(15)14-4-6(5-14)11(16)17/h1-3,6H,4-5H2,(H,16,17). The summed E-state index contributed by atoms with van der Waals surface area (Å²) >= 11 is 9.20. The first-order valence-corrected chi connectivity index (χ1v) is 6.13. The Morgan fingerprint density at radius 1 is 1.41 bits per heavy atom. The van der Waals surface area contributed by atoms with Crippen molar-refractivity contribution in [3.63, 3.8) is 0 Å². The summed E-state index contributed by atoms with van der Waals surface area (Å²) in [7, 11) is 0. The number of hydrogen-bond acceptors (Lipinski definition) is 2. The summed E-state index contributed by atoms with van der Waals surface area (Å²) in [6.45, 7) is 0.494. The first kappa shape index (κ1) is 12.4. The van der Waals surface area contributed by atoms with E-state index >= 15 is 0 Å². The van der Waals surface area contributed by atoms with E-state index in [0.29, 0.717) is 10.6 Å². The summed E-state index contributed by atoms with van der Waals surface area (Å²) in [5.41, 5.74) is 0.393. The molecule has 17 heavy (non-hydrogen) atoms. The molecular weight excluding hydrogens is 309 g/mol. The van der Waals surface area contributed by atoms with Gasteiger partial charge in [0.05, 0.1) is 16.5 Å². The minimum absolute atomic E-state index is 0.228. The monoisotopic (exact) mass is 317 g/mol. The Balaban J connectivity index is 2.11. The van der Waals surface area contributed by atoms with Gasteiger partial charge in [0.15, 0.2) is 0 Å². The summed E-state index contributed by atoms with van der Waals surface area (Å²) in [5, 5.41) is 9.10. The molecule has 0 aromatic heterocycles. The molecular formula is C11H9BrClNO3. The summed E-state index contributed by atoms with van der Waals surface area (Å²) in [6.07, 6.45) is 0. The highest BCUT2D eigenvalue weighted by Gasteiger charge is 2.36. The lowest BCUT2D eigenvalue weighted by Crippen LogP contribution is -2.53. The Labute approximate surface area is 111 Å². The van der Waals surface area contributed by atoms with Crippen LogP contribution in [0.15, 0.2) is 22.7 Å². The smallest absolute Gasteiger partial charge is 0.310 e. The highest BCUT2D eigenvalue weighted by molar-refractivity contribution is 9.10. The lowest BCUT2D eigenvalue weighted by Gasteiger charge is -2.36. The molecule has 1 saturated heterocycles. The SMILES string of the molecule is O=C(O)C1CN(C(=O)c2cc(Br)ccc2Cl)C1. The molecule has 1 heterocycles. The van der Waals surface area contributed by atoms with E-state index in [1.807, 2.05) is 0 Å². The van der Waals surface area contributed by atoms with Gasteiger partial charge in [0.25, 0.3) is 5.91 Å². The molecule has 0 radical (unpaired) electrons. The Hall–Kier alpha value is -1.07. The van der Waals surface area contributed by atoms with Gasteiger partial charge in [-0.05, 0) is 18.2 Å². The molecule has 2 rings (SSSR count). The van der Waals surface area contributed by atoms with Crippen LogP contribution in [0.4, 0.5) is 0 Å². The summed E-state index contributed by atoms with van der Waals surface area (Å²) in [4.78, 5) is 24.1. The van der Waals surface area contributed by atoms with Crippen molar-refractivity contribution in [2.45, 2.75) is 0 Å². The zero-order valence-electron chi connectivity index (χ0n) is 8.69. The highest BCUT2D eigenvalue weighted by atomic mass is 79.9. The Bertz CT molecular complexity index is 486. The quantitative estimate of drug-likeness (QED) is 0.910. The summed E-state index contributed by atoms with van der Waals surface area (Å²) < 4.78 is 0.764. The number of hydrogen-bond donors (Lipinski definition) is 1. The molecule has 1 fully saturated rings. The fourth-order valence-electron chi connectivity index (χ4n) is 1.63. The van der Waals surface area contributed by atoms with Crippen LogP contribution < -0.4 is 0 Å². The number of benzene rings is 1. The van der Waals surface area contributed by atoms with Crippen molar-refractivity contribution in [3.05, 3.63) is 33.3 Å². The molecule has 1 amide bonds. The van der Waals surface area contributed by atoms with Gasteiger partial charge in [-0.3, -0.25) is 9.59 Å². The number of halogens is 2. The number of likely N-dealkylation sites (tertiary alicyclic amines) is 1. The molecule has 0 spiro atoms. The largest absolute Gasteiger partial charge is 0.481 e. The second-order valence-electron chi connectivity index (χ2n) is 3.87. The molecule has 1 aromatic carbocycles. The van der Waals surface area contributed by atoms with Gasteiger partial charge in [0.2, 0.25) is 0 Å². The average molecular weight is 319 g/mol. The van der Waals surface area contributed by atoms with Gasteiger partial charge in [-0.25, -0.2) is 0 Å². The van der Waals surface area contributed by atoms with Crippen LogP contribution >= 0.6 is 27.5 Å². The zero-order valence-corrected chi connectivity index (χ0v) is 11.0. The number of amides is 1. The van der Waals surface area contributed by atoms with E-state index in [2.05, 4.69) is 15.9 Å². The van der Waals surface area contributed by atoms with Gasteiger partial charge >= 0.3 is 5.97 Å². The maximum absolute atomic E-state index is 12.0. The normalized spacial score (nSPS) is 15.5. The number of nitrogens with zero attached hydrogens (tertiary/aromatic N) is 1. The zero-order chi connectivity index (χ0) is 12.6. The second-order valence-corrected chi connectivity index (χ2v) is 5.19. The first-order valence-electron chi connectivity index (χ1n) is 4.96. The van der Waals surface area contributed by atoms with Crippen LogP contribution in [-0.4, -0.2) is 35.0 Å². The number of carboxylic acids is 1. The molecule has 1 N–H and O–H groups in total. The molecule has 0 unspecified atom stereocenters. The molecule has 0 bridgehead atoms. The van der Waals surface area contributed by atoms with Gasteiger partial charge in [0.1, 0.15) is 0 Å². The van der Waals surface area contributed by atoms with Crippen LogP contribution in [0.25, 0.3) is 0 Å². The van der Waals surface area contributed by atoms with Crippen molar-refractivity contribution in [1.82, 2.24) is 4.90 Å². The number of rotatable bonds is 2. The minimum Gasteiger partial charge on any atom is -0.481 e. The van der Waals surface area contributed by atoms with E-state index in [4.69, 9.17) is 16.7 Å². The van der Waals surface area contributed by atoms with E-state index in [9.17, 15) is 9.59 Å². The highest BCUT2D eigenvalue weighted by Crippen LogP contribution is 2.25. The predicted octanol–water partition coefficient (Wildman–Crippen LogP) is 2.26. The first-order chi connectivity index (χ1) is 7.99. The maximum atomic E-state index is 12.0. The number of carbonyl (C=O) groups is 2. The van der Waals surface area contributed by atoms with Crippen LogP contribution in [0.5, 0.6) is 0 Å². The summed E-state index contributed by atoms with van der Waals surface area (Å²) in [6, 6.07) is 5.02. The van der Waals surface area contributed by atoms with E-state index in [1.165, 1.54) is 4.90 Å². The number of aliphatic carboxylic acids is 1. The van der Waals surface area contributed by atoms with Crippen molar-refractivity contribution < 1.29 is 14.7 Å². The third kappa shape index (κ3) is 2.45. The lowest BCUT2D eigenvalue weighted by molar-refractivity contribution is -0.146. The van der Waals surface area contributed by atoms with Crippen LogP contribution in [0.2, 0.25) is 5.02 Å². The van der Waals surface area contributed by atoms with Crippen molar-refractivity contribution in [2.75, 3.05) is 13.1 Å². The fraction of sp³-hybridized carbons (Fsp3) is 0.273. The van der Waals surface area contributed by atoms with Crippen LogP contribution in [-0.2, 0) is 4.79 Å². The van der Waals surface area contributed by atoms with Gasteiger partial charge in [0, 0.05) is 17.6 Å². The van der Waals surface area contributed by atoms with Crippen molar-refractivity contribution >= 4 is 39.4 Å². The van der Waals surface area contributed by atoms with Gasteiger partial charge in [-0.15, -0.1) is 0 Å². The third-order valence-electron chi connectivity index (χ3n) is 2.68. The van der Waals surface area contributed by atoms with Gasteiger partial charge in [-0.1, -0.05) is 27.5 Å². The predicted molar refractivity (Wildman–Crippen MR) is 66.2 cm³/mol. The van der Waals surface area contributed by atoms with E-state index in [-0.39, 0.29) is 19.0 Å². The molecule has 0 atom stereocenters. The minimum atomic E-state index is -0.866. The van der Waals surface area contributed by atoms with Crippen LogP contribution in [0.3, 0.4) is 0 Å². The second kappa shape index (κ2) is 4.66. The third-order valence-corrected chi connectivity index (χ3v) is 3.50. The topological polar surface area (TPSA) is 57.6 Å². The Morgan fingerprint density at radius 2 is 2.06 bits per heavy atom. The Morgan fingerprint density at radius 3 is 2.65 bits per heavy atom. The van der Waals surface area contributed by atoms with E-state index in [1.54, 1.807) is 18.2 Å². The molecule has 90 valence electrons. The average Bonchev–Trinajstić information content (AvgIpc) is 2.18. The molecule has 1 aliphatic rings. The molecule has 4 nitrogen and oxygen atoms in total. The lowest BCUT2D eigenvalue weighted by atomic mass is 9.99. The van der Waals surface area contributed by atoms with Crippen molar-refractivity contribution in [1.29, 1.82) is 0 Å². The molecule has 6 heteroatoms. The molecule has 0 saturated carbocycles. The fourth-order valence-corrected chi connectivity index (χ4v) is 2.19. The Kier molecular flexibility index (Phi) is 3.40.